The fourth-order valence-electron chi connectivity index (χ4n) is 2.85. The van der Waals surface area contributed by atoms with Crippen LogP contribution in [0.2, 0.25) is 0 Å². The first-order chi connectivity index (χ1) is 12.7. The van der Waals surface area contributed by atoms with E-state index < -0.39 is 5.91 Å². The number of carbonyl (C=O) groups excluding carboxylic acids is 2. The Morgan fingerprint density at radius 2 is 1.63 bits per heavy atom. The van der Waals surface area contributed by atoms with Crippen LogP contribution < -0.4 is 15.2 Å². The van der Waals surface area contributed by atoms with E-state index in [1.165, 1.54) is 18.7 Å². The number of amides is 1. The molecule has 5 heteroatoms. The van der Waals surface area contributed by atoms with Crippen LogP contribution in [0.3, 0.4) is 0 Å². The minimum Gasteiger partial charge on any atom is -0.497 e. The van der Waals surface area contributed by atoms with Crippen LogP contribution in [-0.2, 0) is 0 Å². The molecule has 0 unspecified atom stereocenters. The molecular formula is C22H27NO4. The average molecular weight is 369 g/mol. The topological polar surface area (TPSA) is 78.6 Å². The molecule has 0 saturated heterocycles. The first-order valence-corrected chi connectivity index (χ1v) is 9.02. The van der Waals surface area contributed by atoms with Crippen LogP contribution in [-0.4, -0.2) is 25.4 Å². The van der Waals surface area contributed by atoms with Crippen LogP contribution in [0.25, 0.3) is 0 Å². The molecule has 0 aliphatic rings. The van der Waals surface area contributed by atoms with Crippen molar-refractivity contribution in [3.05, 3.63) is 58.7 Å². The molecule has 0 bridgehead atoms. The molecule has 0 spiro atoms. The lowest BCUT2D eigenvalue weighted by atomic mass is 9.90. The van der Waals surface area contributed by atoms with Crippen molar-refractivity contribution in [2.45, 2.75) is 39.5 Å². The summed E-state index contributed by atoms with van der Waals surface area (Å²) in [4.78, 5) is 24.4. The highest BCUT2D eigenvalue weighted by atomic mass is 16.5. The van der Waals surface area contributed by atoms with Crippen molar-refractivity contribution in [2.75, 3.05) is 13.7 Å². The summed E-state index contributed by atoms with van der Waals surface area (Å²) in [6.45, 7) is 8.18. The SMILES string of the molecule is COc1ccc(C(N)=O)c(OCC(=O)c2ccc(C(C)C)cc2C(C)C)c1. The van der Waals surface area contributed by atoms with Crippen molar-refractivity contribution in [1.82, 2.24) is 0 Å². The first-order valence-electron chi connectivity index (χ1n) is 9.02. The third kappa shape index (κ3) is 4.88. The van der Waals surface area contributed by atoms with Gasteiger partial charge in [0.1, 0.15) is 11.5 Å². The van der Waals surface area contributed by atoms with Crippen molar-refractivity contribution in [3.63, 3.8) is 0 Å². The maximum atomic E-state index is 12.8. The number of hydrogen-bond acceptors (Lipinski definition) is 4. The highest BCUT2D eigenvalue weighted by Crippen LogP contribution is 2.27. The molecule has 0 fully saturated rings. The molecule has 0 aliphatic carbocycles. The summed E-state index contributed by atoms with van der Waals surface area (Å²) >= 11 is 0. The molecule has 0 saturated carbocycles. The van der Waals surface area contributed by atoms with Crippen LogP contribution in [0.4, 0.5) is 0 Å². The smallest absolute Gasteiger partial charge is 0.252 e. The Labute approximate surface area is 160 Å². The van der Waals surface area contributed by atoms with Gasteiger partial charge < -0.3 is 15.2 Å². The number of hydrogen-bond donors (Lipinski definition) is 1. The number of methoxy groups -OCH3 is 1. The second-order valence-electron chi connectivity index (χ2n) is 7.09. The maximum Gasteiger partial charge on any atom is 0.252 e. The standard InChI is InChI=1S/C22H27NO4/c1-13(2)15-6-8-17(19(10-15)14(3)4)20(24)12-27-21-11-16(26-5)7-9-18(21)22(23)25/h6-11,13-14H,12H2,1-5H3,(H2,23,25). The molecule has 144 valence electrons. The lowest BCUT2D eigenvalue weighted by Gasteiger charge is -2.16. The number of ketones is 1. The maximum absolute atomic E-state index is 12.8. The summed E-state index contributed by atoms with van der Waals surface area (Å²) in [6, 6.07) is 10.6. The Morgan fingerprint density at radius 1 is 0.963 bits per heavy atom. The van der Waals surface area contributed by atoms with Gasteiger partial charge in [0.2, 0.25) is 0 Å². The lowest BCUT2D eigenvalue weighted by Crippen LogP contribution is -2.18. The van der Waals surface area contributed by atoms with E-state index in [2.05, 4.69) is 33.8 Å². The third-order valence-corrected chi connectivity index (χ3v) is 4.48. The van der Waals surface area contributed by atoms with Gasteiger partial charge in [0.15, 0.2) is 12.4 Å². The van der Waals surface area contributed by atoms with Gasteiger partial charge in [-0.15, -0.1) is 0 Å². The Morgan fingerprint density at radius 3 is 2.19 bits per heavy atom. The van der Waals surface area contributed by atoms with Gasteiger partial charge >= 0.3 is 0 Å². The minimum absolute atomic E-state index is 0.146. The fourth-order valence-corrected chi connectivity index (χ4v) is 2.85. The summed E-state index contributed by atoms with van der Waals surface area (Å²) < 4.78 is 10.8. The van der Waals surface area contributed by atoms with Crippen molar-refractivity contribution < 1.29 is 19.1 Å². The Hall–Kier alpha value is -2.82. The quantitative estimate of drug-likeness (QED) is 0.704. The van der Waals surface area contributed by atoms with E-state index in [9.17, 15) is 9.59 Å². The van der Waals surface area contributed by atoms with Crippen molar-refractivity contribution >= 4 is 11.7 Å². The van der Waals surface area contributed by atoms with Gasteiger partial charge in [0.25, 0.3) is 5.91 Å². The predicted octanol–water partition coefficient (Wildman–Crippen LogP) is 4.30. The van der Waals surface area contributed by atoms with E-state index in [4.69, 9.17) is 15.2 Å². The molecule has 1 amide bonds. The highest BCUT2D eigenvalue weighted by molar-refractivity contribution is 5.99. The van der Waals surface area contributed by atoms with Gasteiger partial charge in [-0.2, -0.15) is 0 Å². The van der Waals surface area contributed by atoms with Crippen LogP contribution in [0.5, 0.6) is 11.5 Å². The molecule has 27 heavy (non-hydrogen) atoms. The molecule has 2 rings (SSSR count). The Bertz CT molecular complexity index is 840. The van der Waals surface area contributed by atoms with E-state index >= 15 is 0 Å². The van der Waals surface area contributed by atoms with Crippen LogP contribution in [0.15, 0.2) is 36.4 Å². The summed E-state index contributed by atoms with van der Waals surface area (Å²) in [5, 5.41) is 0. The second kappa shape index (κ2) is 8.71. The van der Waals surface area contributed by atoms with Crippen molar-refractivity contribution in [3.8, 4) is 11.5 Å². The normalized spacial score (nSPS) is 10.9. The lowest BCUT2D eigenvalue weighted by molar-refractivity contribution is 0.0910. The zero-order valence-electron chi connectivity index (χ0n) is 16.5. The van der Waals surface area contributed by atoms with Crippen molar-refractivity contribution in [2.24, 2.45) is 5.73 Å². The largest absolute Gasteiger partial charge is 0.497 e. The van der Waals surface area contributed by atoms with Gasteiger partial charge in [-0.3, -0.25) is 9.59 Å². The monoisotopic (exact) mass is 369 g/mol. The number of carbonyl (C=O) groups is 2. The second-order valence-corrected chi connectivity index (χ2v) is 7.09. The molecular weight excluding hydrogens is 342 g/mol. The Kier molecular flexibility index (Phi) is 6.61. The Balaban J connectivity index is 2.27. The molecule has 0 atom stereocenters. The third-order valence-electron chi connectivity index (χ3n) is 4.48. The molecule has 5 nitrogen and oxygen atoms in total. The minimum atomic E-state index is -0.621. The number of ether oxygens (including phenoxy) is 2. The summed E-state index contributed by atoms with van der Waals surface area (Å²) in [5.41, 5.74) is 8.43. The zero-order valence-corrected chi connectivity index (χ0v) is 16.5. The highest BCUT2D eigenvalue weighted by Gasteiger charge is 2.18. The van der Waals surface area contributed by atoms with E-state index in [-0.39, 0.29) is 29.6 Å². The van der Waals surface area contributed by atoms with E-state index in [0.29, 0.717) is 17.2 Å². The number of Topliss-reactive ketones (excluding diaryl/α,β-unsaturated/α-hetero) is 1. The van der Waals surface area contributed by atoms with Gasteiger partial charge in [-0.1, -0.05) is 45.9 Å². The van der Waals surface area contributed by atoms with Crippen LogP contribution >= 0.6 is 0 Å². The zero-order chi connectivity index (χ0) is 20.1. The molecule has 0 radical (unpaired) electrons. The van der Waals surface area contributed by atoms with Gasteiger partial charge in [-0.05, 0) is 35.1 Å². The summed E-state index contributed by atoms with van der Waals surface area (Å²) in [6.07, 6.45) is 0. The summed E-state index contributed by atoms with van der Waals surface area (Å²) in [5.74, 6) is 0.585. The van der Waals surface area contributed by atoms with Gasteiger partial charge in [-0.25, -0.2) is 0 Å². The molecule has 2 aromatic carbocycles. The fraction of sp³-hybridized carbons (Fsp3) is 0.364. The summed E-state index contributed by atoms with van der Waals surface area (Å²) in [7, 11) is 1.51. The van der Waals surface area contributed by atoms with E-state index in [1.807, 2.05) is 12.1 Å². The first kappa shape index (κ1) is 20.5. The molecule has 0 aliphatic heterocycles. The molecule has 0 heterocycles. The molecule has 2 aromatic rings. The molecule has 0 aromatic heterocycles. The van der Waals surface area contributed by atoms with Gasteiger partial charge in [0, 0.05) is 11.6 Å². The molecule has 2 N–H and O–H groups in total. The van der Waals surface area contributed by atoms with Crippen LogP contribution in [0, 0.1) is 0 Å². The number of rotatable bonds is 8. The predicted molar refractivity (Wildman–Crippen MR) is 106 cm³/mol. The van der Waals surface area contributed by atoms with E-state index in [1.54, 1.807) is 12.1 Å². The van der Waals surface area contributed by atoms with Crippen molar-refractivity contribution in [1.29, 1.82) is 0 Å². The number of primary amides is 1. The van der Waals surface area contributed by atoms with E-state index in [0.717, 1.165) is 5.56 Å². The van der Waals surface area contributed by atoms with Gasteiger partial charge in [0.05, 0.1) is 12.7 Å². The average Bonchev–Trinajstić information content (AvgIpc) is 2.64. The number of nitrogens with two attached hydrogens (primary N) is 1. The number of benzene rings is 2. The van der Waals surface area contributed by atoms with Crippen LogP contribution in [0.1, 0.15) is 71.4 Å².